The minimum absolute atomic E-state index is 0.556. The standard InChI is InChI=1S/C15H22N6/c1-5-11-8-6-7-9-12(11)10-17-14-18-13(16-2)19-15(20-14)21(3)4/h6-9H,5,10H2,1-4H3,(H2,16,17,18,19,20). The van der Waals surface area contributed by atoms with Crippen LogP contribution in [0.3, 0.4) is 0 Å². The maximum Gasteiger partial charge on any atom is 0.231 e. The van der Waals surface area contributed by atoms with Crippen LogP contribution in [0.2, 0.25) is 0 Å². The van der Waals surface area contributed by atoms with Crippen molar-refractivity contribution in [3.8, 4) is 0 Å². The lowest BCUT2D eigenvalue weighted by Crippen LogP contribution is -2.16. The summed E-state index contributed by atoms with van der Waals surface area (Å²) in [5.41, 5.74) is 2.60. The van der Waals surface area contributed by atoms with Gasteiger partial charge in [-0.05, 0) is 17.5 Å². The molecule has 2 N–H and O–H groups in total. The summed E-state index contributed by atoms with van der Waals surface area (Å²) in [6, 6.07) is 8.38. The molecule has 112 valence electrons. The molecule has 0 bridgehead atoms. The lowest BCUT2D eigenvalue weighted by Gasteiger charge is -2.14. The Morgan fingerprint density at radius 3 is 2.29 bits per heavy atom. The lowest BCUT2D eigenvalue weighted by molar-refractivity contribution is 0.939. The summed E-state index contributed by atoms with van der Waals surface area (Å²) < 4.78 is 0. The molecule has 0 aliphatic heterocycles. The molecule has 6 heteroatoms. The number of rotatable bonds is 6. The molecule has 0 unspecified atom stereocenters. The van der Waals surface area contributed by atoms with Crippen LogP contribution in [0.1, 0.15) is 18.1 Å². The molecule has 0 amide bonds. The predicted molar refractivity (Wildman–Crippen MR) is 86.8 cm³/mol. The fourth-order valence-electron chi connectivity index (χ4n) is 2.00. The molecule has 0 saturated heterocycles. The van der Waals surface area contributed by atoms with Crippen LogP contribution in [-0.4, -0.2) is 36.1 Å². The summed E-state index contributed by atoms with van der Waals surface area (Å²) in [4.78, 5) is 14.9. The maximum atomic E-state index is 4.40. The van der Waals surface area contributed by atoms with Gasteiger partial charge in [0.2, 0.25) is 17.8 Å². The minimum atomic E-state index is 0.556. The number of nitrogens with one attached hydrogen (secondary N) is 2. The molecule has 2 rings (SSSR count). The Kier molecular flexibility index (Phi) is 4.92. The van der Waals surface area contributed by atoms with Gasteiger partial charge in [-0.1, -0.05) is 31.2 Å². The molecule has 0 spiro atoms. The second-order valence-electron chi connectivity index (χ2n) is 4.90. The molecule has 1 aromatic carbocycles. The number of hydrogen-bond donors (Lipinski definition) is 2. The Labute approximate surface area is 125 Å². The summed E-state index contributed by atoms with van der Waals surface area (Å²) >= 11 is 0. The van der Waals surface area contributed by atoms with Gasteiger partial charge in [-0.15, -0.1) is 0 Å². The van der Waals surface area contributed by atoms with Gasteiger partial charge in [0.1, 0.15) is 0 Å². The largest absolute Gasteiger partial charge is 0.357 e. The van der Waals surface area contributed by atoms with Gasteiger partial charge < -0.3 is 15.5 Å². The van der Waals surface area contributed by atoms with Crippen molar-refractivity contribution < 1.29 is 0 Å². The number of nitrogens with zero attached hydrogens (tertiary/aromatic N) is 4. The van der Waals surface area contributed by atoms with Crippen LogP contribution in [0.4, 0.5) is 17.8 Å². The van der Waals surface area contributed by atoms with Crippen molar-refractivity contribution in [2.45, 2.75) is 19.9 Å². The van der Waals surface area contributed by atoms with Gasteiger partial charge in [0.25, 0.3) is 0 Å². The van der Waals surface area contributed by atoms with Crippen molar-refractivity contribution in [3.63, 3.8) is 0 Å². The van der Waals surface area contributed by atoms with E-state index in [4.69, 9.17) is 0 Å². The van der Waals surface area contributed by atoms with E-state index in [0.717, 1.165) is 6.42 Å². The topological polar surface area (TPSA) is 66.0 Å². The van der Waals surface area contributed by atoms with E-state index in [1.165, 1.54) is 11.1 Å². The number of hydrogen-bond acceptors (Lipinski definition) is 6. The SMILES string of the molecule is CCc1ccccc1CNc1nc(NC)nc(N(C)C)n1. The smallest absolute Gasteiger partial charge is 0.231 e. The average Bonchev–Trinajstić information content (AvgIpc) is 2.52. The summed E-state index contributed by atoms with van der Waals surface area (Å²) in [5, 5.41) is 6.23. The Hall–Kier alpha value is -2.37. The van der Waals surface area contributed by atoms with E-state index < -0.39 is 0 Å². The monoisotopic (exact) mass is 286 g/mol. The van der Waals surface area contributed by atoms with E-state index in [-0.39, 0.29) is 0 Å². The van der Waals surface area contributed by atoms with Crippen LogP contribution in [-0.2, 0) is 13.0 Å². The van der Waals surface area contributed by atoms with Crippen molar-refractivity contribution in [2.75, 3.05) is 36.7 Å². The van der Waals surface area contributed by atoms with E-state index >= 15 is 0 Å². The molecule has 21 heavy (non-hydrogen) atoms. The summed E-state index contributed by atoms with van der Waals surface area (Å²) in [7, 11) is 5.61. The molecule has 0 radical (unpaired) electrons. The molecule has 1 heterocycles. The fraction of sp³-hybridized carbons (Fsp3) is 0.400. The Balaban J connectivity index is 2.17. The van der Waals surface area contributed by atoms with Crippen LogP contribution < -0.4 is 15.5 Å². The van der Waals surface area contributed by atoms with Crippen molar-refractivity contribution >= 4 is 17.8 Å². The van der Waals surface area contributed by atoms with E-state index in [2.05, 4.69) is 50.7 Å². The zero-order chi connectivity index (χ0) is 15.2. The normalized spacial score (nSPS) is 10.3. The van der Waals surface area contributed by atoms with E-state index in [1.807, 2.05) is 25.1 Å². The van der Waals surface area contributed by atoms with Crippen LogP contribution in [0.25, 0.3) is 0 Å². The fourth-order valence-corrected chi connectivity index (χ4v) is 2.00. The van der Waals surface area contributed by atoms with Crippen LogP contribution in [0.5, 0.6) is 0 Å². The first kappa shape index (κ1) is 15.0. The molecular formula is C15H22N6. The van der Waals surface area contributed by atoms with Crippen molar-refractivity contribution in [2.24, 2.45) is 0 Å². The van der Waals surface area contributed by atoms with E-state index in [9.17, 15) is 0 Å². The number of aromatic nitrogens is 3. The average molecular weight is 286 g/mol. The zero-order valence-electron chi connectivity index (χ0n) is 13.0. The van der Waals surface area contributed by atoms with Crippen LogP contribution in [0, 0.1) is 0 Å². The molecular weight excluding hydrogens is 264 g/mol. The highest BCUT2D eigenvalue weighted by Crippen LogP contribution is 2.14. The zero-order valence-corrected chi connectivity index (χ0v) is 13.0. The van der Waals surface area contributed by atoms with Crippen LogP contribution in [0.15, 0.2) is 24.3 Å². The molecule has 6 nitrogen and oxygen atoms in total. The molecule has 1 aromatic heterocycles. The number of anilines is 3. The molecule has 2 aromatic rings. The molecule has 0 aliphatic rings. The van der Waals surface area contributed by atoms with Gasteiger partial charge in [0.05, 0.1) is 0 Å². The molecule has 0 fully saturated rings. The highest BCUT2D eigenvalue weighted by Gasteiger charge is 2.07. The second kappa shape index (κ2) is 6.88. The third-order valence-electron chi connectivity index (χ3n) is 3.18. The molecule has 0 saturated carbocycles. The highest BCUT2D eigenvalue weighted by atomic mass is 15.3. The van der Waals surface area contributed by atoms with E-state index in [1.54, 1.807) is 7.05 Å². The van der Waals surface area contributed by atoms with Gasteiger partial charge >= 0.3 is 0 Å². The number of benzene rings is 1. The number of aryl methyl sites for hydroxylation is 1. The second-order valence-corrected chi connectivity index (χ2v) is 4.90. The van der Waals surface area contributed by atoms with Gasteiger partial charge in [-0.2, -0.15) is 15.0 Å². The van der Waals surface area contributed by atoms with Crippen LogP contribution >= 0.6 is 0 Å². The Bertz CT molecular complexity index is 596. The van der Waals surface area contributed by atoms with E-state index in [0.29, 0.717) is 24.4 Å². The summed E-state index contributed by atoms with van der Waals surface area (Å²) in [5.74, 6) is 1.75. The molecule has 0 aliphatic carbocycles. The first-order valence-electron chi connectivity index (χ1n) is 7.05. The third-order valence-corrected chi connectivity index (χ3v) is 3.18. The first-order valence-corrected chi connectivity index (χ1v) is 7.05. The Morgan fingerprint density at radius 1 is 1.00 bits per heavy atom. The van der Waals surface area contributed by atoms with Crippen molar-refractivity contribution in [1.29, 1.82) is 0 Å². The van der Waals surface area contributed by atoms with Crippen molar-refractivity contribution in [1.82, 2.24) is 15.0 Å². The highest BCUT2D eigenvalue weighted by molar-refractivity contribution is 5.43. The third kappa shape index (κ3) is 3.81. The lowest BCUT2D eigenvalue weighted by atomic mass is 10.1. The minimum Gasteiger partial charge on any atom is -0.357 e. The van der Waals surface area contributed by atoms with Crippen molar-refractivity contribution in [3.05, 3.63) is 35.4 Å². The first-order chi connectivity index (χ1) is 10.1. The summed E-state index contributed by atoms with van der Waals surface area (Å²) in [6.45, 7) is 2.86. The van der Waals surface area contributed by atoms with Gasteiger partial charge in [0, 0.05) is 27.7 Å². The predicted octanol–water partition coefficient (Wildman–Crippen LogP) is 2.15. The maximum absolute atomic E-state index is 4.40. The molecule has 0 atom stereocenters. The van der Waals surface area contributed by atoms with Gasteiger partial charge in [-0.3, -0.25) is 0 Å². The summed E-state index contributed by atoms with van der Waals surface area (Å²) in [6.07, 6.45) is 1.01. The Morgan fingerprint density at radius 2 is 1.67 bits per heavy atom. The van der Waals surface area contributed by atoms with Gasteiger partial charge in [0.15, 0.2) is 0 Å². The van der Waals surface area contributed by atoms with Gasteiger partial charge in [-0.25, -0.2) is 0 Å². The quantitative estimate of drug-likeness (QED) is 0.848.